The van der Waals surface area contributed by atoms with Crippen molar-refractivity contribution in [1.82, 2.24) is 14.5 Å². The number of anilines is 2. The summed E-state index contributed by atoms with van der Waals surface area (Å²) in [4.78, 5) is 18.4. The lowest BCUT2D eigenvalue weighted by atomic mass is 10.1. The first-order valence-corrected chi connectivity index (χ1v) is 9.44. The molecule has 1 aliphatic rings. The summed E-state index contributed by atoms with van der Waals surface area (Å²) in [6.07, 6.45) is 0. The number of fused-ring (bicyclic) bond motifs is 1. The number of nitrogens with one attached hydrogen (secondary N) is 1. The molecule has 0 saturated heterocycles. The summed E-state index contributed by atoms with van der Waals surface area (Å²) in [5.41, 5.74) is 2.57. The Morgan fingerprint density at radius 3 is 2.48 bits per heavy atom. The topological polar surface area (TPSA) is 50.2 Å². The molecule has 3 aromatic rings. The summed E-state index contributed by atoms with van der Waals surface area (Å²) < 4.78 is 16.3. The Morgan fingerprint density at radius 1 is 1.11 bits per heavy atom. The van der Waals surface area contributed by atoms with Gasteiger partial charge in [0.2, 0.25) is 5.91 Å². The Kier molecular flexibility index (Phi) is 4.70. The number of nitrogens with zero attached hydrogens (tertiary/aromatic N) is 3. The molecule has 0 spiro atoms. The third-order valence-corrected chi connectivity index (χ3v) is 5.17. The lowest BCUT2D eigenvalue weighted by Crippen LogP contribution is -2.37. The zero-order valence-electron chi connectivity index (χ0n) is 14.7. The second-order valence-corrected chi connectivity index (χ2v) is 7.37. The maximum atomic E-state index is 13.3. The van der Waals surface area contributed by atoms with Gasteiger partial charge in [0.1, 0.15) is 23.2 Å². The van der Waals surface area contributed by atoms with Crippen molar-refractivity contribution in [1.29, 1.82) is 0 Å². The van der Waals surface area contributed by atoms with Gasteiger partial charge in [-0.25, -0.2) is 9.37 Å². The highest BCUT2D eigenvalue weighted by Crippen LogP contribution is 2.33. The van der Waals surface area contributed by atoms with E-state index in [0.717, 1.165) is 33.1 Å². The lowest BCUT2D eigenvalue weighted by molar-refractivity contribution is -0.130. The Labute approximate surface area is 165 Å². The summed E-state index contributed by atoms with van der Waals surface area (Å²) in [6, 6.07) is 14.2. The SMILES string of the molecule is CC(=O)N1CCn2c(nc(-c3ccc(Br)cc3)c2Nc2ccc(F)cc2)C1. The molecule has 2 heterocycles. The number of aromatic nitrogens is 2. The number of benzene rings is 2. The molecule has 0 unspecified atom stereocenters. The van der Waals surface area contributed by atoms with E-state index in [9.17, 15) is 9.18 Å². The highest BCUT2D eigenvalue weighted by Gasteiger charge is 2.25. The molecule has 1 N–H and O–H groups in total. The van der Waals surface area contributed by atoms with Crippen LogP contribution in [0.4, 0.5) is 15.9 Å². The molecule has 1 aromatic heterocycles. The summed E-state index contributed by atoms with van der Waals surface area (Å²) in [7, 11) is 0. The molecule has 138 valence electrons. The lowest BCUT2D eigenvalue weighted by Gasteiger charge is -2.27. The van der Waals surface area contributed by atoms with E-state index in [-0.39, 0.29) is 11.7 Å². The molecule has 1 amide bonds. The first kappa shape index (κ1) is 17.7. The molecule has 0 radical (unpaired) electrons. The minimum atomic E-state index is -0.277. The van der Waals surface area contributed by atoms with Crippen LogP contribution in [0.5, 0.6) is 0 Å². The predicted octanol–water partition coefficient (Wildman–Crippen LogP) is 4.56. The van der Waals surface area contributed by atoms with Gasteiger partial charge in [0.25, 0.3) is 0 Å². The van der Waals surface area contributed by atoms with Crippen LogP contribution in [0.3, 0.4) is 0 Å². The minimum absolute atomic E-state index is 0.0440. The molecule has 7 heteroatoms. The molecule has 0 aliphatic carbocycles. The van der Waals surface area contributed by atoms with E-state index in [1.807, 2.05) is 24.3 Å². The quantitative estimate of drug-likeness (QED) is 0.665. The van der Waals surface area contributed by atoms with Gasteiger partial charge in [0.15, 0.2) is 0 Å². The van der Waals surface area contributed by atoms with Crippen LogP contribution < -0.4 is 5.32 Å². The Balaban J connectivity index is 1.78. The number of hydrogen-bond donors (Lipinski definition) is 1. The fourth-order valence-corrected chi connectivity index (χ4v) is 3.47. The summed E-state index contributed by atoms with van der Waals surface area (Å²) >= 11 is 3.46. The van der Waals surface area contributed by atoms with Crippen molar-refractivity contribution >= 4 is 33.3 Å². The highest BCUT2D eigenvalue weighted by molar-refractivity contribution is 9.10. The highest BCUT2D eigenvalue weighted by atomic mass is 79.9. The average molecular weight is 429 g/mol. The van der Waals surface area contributed by atoms with E-state index in [0.29, 0.717) is 19.6 Å². The number of amides is 1. The van der Waals surface area contributed by atoms with Gasteiger partial charge >= 0.3 is 0 Å². The van der Waals surface area contributed by atoms with E-state index in [1.54, 1.807) is 24.0 Å². The van der Waals surface area contributed by atoms with Gasteiger partial charge in [0.05, 0.1) is 6.54 Å². The minimum Gasteiger partial charge on any atom is -0.340 e. The third-order valence-electron chi connectivity index (χ3n) is 4.64. The van der Waals surface area contributed by atoms with E-state index in [1.165, 1.54) is 12.1 Å². The maximum absolute atomic E-state index is 13.3. The predicted molar refractivity (Wildman–Crippen MR) is 106 cm³/mol. The molecule has 0 fully saturated rings. The normalized spacial score (nSPS) is 13.4. The average Bonchev–Trinajstić information content (AvgIpc) is 3.02. The van der Waals surface area contributed by atoms with Crippen molar-refractivity contribution in [3.63, 3.8) is 0 Å². The molecule has 1 aliphatic heterocycles. The van der Waals surface area contributed by atoms with Gasteiger partial charge in [-0.15, -0.1) is 0 Å². The Hall–Kier alpha value is -2.67. The third kappa shape index (κ3) is 3.60. The maximum Gasteiger partial charge on any atom is 0.219 e. The van der Waals surface area contributed by atoms with Crippen LogP contribution >= 0.6 is 15.9 Å². The van der Waals surface area contributed by atoms with Gasteiger partial charge in [-0.3, -0.25) is 4.79 Å². The smallest absolute Gasteiger partial charge is 0.219 e. The van der Waals surface area contributed by atoms with Crippen molar-refractivity contribution in [2.24, 2.45) is 0 Å². The molecule has 5 nitrogen and oxygen atoms in total. The van der Waals surface area contributed by atoms with Gasteiger partial charge in [0, 0.05) is 35.7 Å². The molecule has 0 atom stereocenters. The van der Waals surface area contributed by atoms with Gasteiger partial charge in [-0.1, -0.05) is 28.1 Å². The summed E-state index contributed by atoms with van der Waals surface area (Å²) in [5.74, 6) is 1.45. The molecule has 2 aromatic carbocycles. The molecule has 27 heavy (non-hydrogen) atoms. The first-order valence-electron chi connectivity index (χ1n) is 8.65. The van der Waals surface area contributed by atoms with Crippen molar-refractivity contribution in [3.8, 4) is 11.3 Å². The zero-order chi connectivity index (χ0) is 19.0. The van der Waals surface area contributed by atoms with Crippen molar-refractivity contribution in [3.05, 3.63) is 64.6 Å². The van der Waals surface area contributed by atoms with E-state index < -0.39 is 0 Å². The molecule has 4 rings (SSSR count). The fraction of sp³-hybridized carbons (Fsp3) is 0.200. The number of halogens is 2. The summed E-state index contributed by atoms with van der Waals surface area (Å²) in [6.45, 7) is 3.34. The van der Waals surface area contributed by atoms with Crippen molar-refractivity contribution in [2.45, 2.75) is 20.0 Å². The second kappa shape index (κ2) is 7.15. The monoisotopic (exact) mass is 428 g/mol. The van der Waals surface area contributed by atoms with Crippen molar-refractivity contribution < 1.29 is 9.18 Å². The van der Waals surface area contributed by atoms with Crippen LogP contribution in [0.2, 0.25) is 0 Å². The molecule has 0 bridgehead atoms. The standard InChI is InChI=1S/C20H18BrFN4O/c1-13(27)25-10-11-26-18(12-25)24-19(14-2-4-15(21)5-3-14)20(26)23-17-8-6-16(22)7-9-17/h2-9,23H,10-12H2,1H3. The number of hydrogen-bond acceptors (Lipinski definition) is 3. The number of rotatable bonds is 3. The second-order valence-electron chi connectivity index (χ2n) is 6.46. The van der Waals surface area contributed by atoms with Crippen LogP contribution in [0.15, 0.2) is 53.0 Å². The van der Waals surface area contributed by atoms with Gasteiger partial charge < -0.3 is 14.8 Å². The Bertz CT molecular complexity index is 982. The van der Waals surface area contributed by atoms with E-state index in [4.69, 9.17) is 4.98 Å². The van der Waals surface area contributed by atoms with Gasteiger partial charge in [-0.2, -0.15) is 0 Å². The largest absolute Gasteiger partial charge is 0.340 e. The zero-order valence-corrected chi connectivity index (χ0v) is 16.3. The Morgan fingerprint density at radius 2 is 1.81 bits per heavy atom. The molecular formula is C20H18BrFN4O. The van der Waals surface area contributed by atoms with Gasteiger partial charge in [-0.05, 0) is 36.4 Å². The van der Waals surface area contributed by atoms with E-state index in [2.05, 4.69) is 25.8 Å². The van der Waals surface area contributed by atoms with Crippen LogP contribution in [0.25, 0.3) is 11.3 Å². The van der Waals surface area contributed by atoms with Crippen LogP contribution in [-0.2, 0) is 17.9 Å². The molecule has 0 saturated carbocycles. The number of carbonyl (C=O) groups is 1. The number of carbonyl (C=O) groups excluding carboxylic acids is 1. The first-order chi connectivity index (χ1) is 13.0. The van der Waals surface area contributed by atoms with E-state index >= 15 is 0 Å². The molecular weight excluding hydrogens is 411 g/mol. The van der Waals surface area contributed by atoms with Crippen molar-refractivity contribution in [2.75, 3.05) is 11.9 Å². The number of imidazole rings is 1. The van der Waals surface area contributed by atoms with Crippen LogP contribution in [0, 0.1) is 5.82 Å². The van der Waals surface area contributed by atoms with Crippen LogP contribution in [0.1, 0.15) is 12.7 Å². The fourth-order valence-electron chi connectivity index (χ4n) is 3.21. The van der Waals surface area contributed by atoms with Crippen LogP contribution in [-0.4, -0.2) is 26.9 Å². The summed E-state index contributed by atoms with van der Waals surface area (Å²) in [5, 5.41) is 3.38.